The largest absolute Gasteiger partial charge is 0.497 e. The van der Waals surface area contributed by atoms with Gasteiger partial charge in [-0.3, -0.25) is 4.79 Å². The Labute approximate surface area is 103 Å². The Morgan fingerprint density at radius 1 is 1.22 bits per heavy atom. The lowest BCUT2D eigenvalue weighted by Crippen LogP contribution is -2.43. The average Bonchev–Trinajstić information content (AvgIpc) is 2.37. The molecule has 1 aliphatic rings. The smallest absolute Gasteiger partial charge is 0.178 e. The van der Waals surface area contributed by atoms with Gasteiger partial charge in [0.25, 0.3) is 0 Å². The summed E-state index contributed by atoms with van der Waals surface area (Å²) in [5, 5.41) is 1.21. The van der Waals surface area contributed by atoms with Crippen molar-refractivity contribution >= 4 is 29.0 Å². The maximum atomic E-state index is 11.5. The number of aromatic nitrogens is 2. The van der Waals surface area contributed by atoms with E-state index < -0.39 is 6.04 Å². The van der Waals surface area contributed by atoms with Crippen molar-refractivity contribution in [2.75, 3.05) is 7.11 Å². The first-order valence-corrected chi connectivity index (χ1v) is 5.52. The van der Waals surface area contributed by atoms with Gasteiger partial charge in [-0.15, -0.1) is 0 Å². The quantitative estimate of drug-likeness (QED) is 0.700. The fourth-order valence-corrected chi connectivity index (χ4v) is 1.90. The first kappa shape index (κ1) is 10.9. The minimum Gasteiger partial charge on any atom is -0.497 e. The van der Waals surface area contributed by atoms with E-state index in [9.17, 15) is 4.79 Å². The maximum absolute atomic E-state index is 11.5. The van der Waals surface area contributed by atoms with Crippen LogP contribution in [0.3, 0.4) is 0 Å². The third-order valence-corrected chi connectivity index (χ3v) is 2.87. The van der Waals surface area contributed by atoms with E-state index in [1.54, 1.807) is 19.3 Å². The number of nitrogens with two attached hydrogens (primary N) is 1. The van der Waals surface area contributed by atoms with E-state index >= 15 is 0 Å². The van der Waals surface area contributed by atoms with Crippen molar-refractivity contribution in [2.24, 2.45) is 5.73 Å². The van der Waals surface area contributed by atoms with Gasteiger partial charge in [0.1, 0.15) is 5.75 Å². The van der Waals surface area contributed by atoms with Gasteiger partial charge in [-0.25, -0.2) is 9.97 Å². The molecule has 18 heavy (non-hydrogen) atoms. The Balaban J connectivity index is 2.35. The molecule has 0 amide bonds. The minimum atomic E-state index is -0.623. The van der Waals surface area contributed by atoms with E-state index in [0.29, 0.717) is 22.0 Å². The highest BCUT2D eigenvalue weighted by molar-refractivity contribution is 6.13. The predicted octanol–water partition coefficient (Wildman–Crippen LogP) is -0.891. The topological polar surface area (TPSA) is 78.1 Å². The highest BCUT2D eigenvalue weighted by Crippen LogP contribution is 2.15. The van der Waals surface area contributed by atoms with Crippen LogP contribution in [-0.2, 0) is 4.79 Å². The first-order chi connectivity index (χ1) is 8.67. The fourth-order valence-electron chi connectivity index (χ4n) is 1.90. The number of carbonyl (C=O) groups excluding carboxylic acids is 1. The van der Waals surface area contributed by atoms with Crippen LogP contribution >= 0.6 is 0 Å². The number of carbonyl (C=O) groups is 1. The van der Waals surface area contributed by atoms with Gasteiger partial charge < -0.3 is 10.5 Å². The van der Waals surface area contributed by atoms with Gasteiger partial charge in [0.2, 0.25) is 0 Å². The number of Topliss-reactive ketones (excluding diaryl/α,β-unsaturated/α-hetero) is 1. The fraction of sp³-hybridized carbons (Fsp3) is 0.154. The minimum absolute atomic E-state index is 0.154. The monoisotopic (exact) mass is 241 g/mol. The van der Waals surface area contributed by atoms with Gasteiger partial charge in [0.05, 0.1) is 34.9 Å². The molecule has 0 bridgehead atoms. The van der Waals surface area contributed by atoms with E-state index in [2.05, 4.69) is 9.97 Å². The summed E-state index contributed by atoms with van der Waals surface area (Å²) >= 11 is 0. The van der Waals surface area contributed by atoms with Crippen molar-refractivity contribution < 1.29 is 9.53 Å². The molecule has 1 aliphatic carbocycles. The molecule has 2 N–H and O–H groups in total. The van der Waals surface area contributed by atoms with E-state index in [-0.39, 0.29) is 5.78 Å². The summed E-state index contributed by atoms with van der Waals surface area (Å²) in [6.45, 7) is 0. The molecule has 0 radical (unpaired) electrons. The Morgan fingerprint density at radius 3 is 2.78 bits per heavy atom. The molecule has 5 heteroatoms. The van der Waals surface area contributed by atoms with E-state index in [4.69, 9.17) is 10.5 Å². The van der Waals surface area contributed by atoms with Crippen LogP contribution in [-0.4, -0.2) is 28.9 Å². The molecule has 0 saturated heterocycles. The summed E-state index contributed by atoms with van der Waals surface area (Å²) in [5.41, 5.74) is 7.10. The number of hydrogen-bond donors (Lipinski definition) is 1. The summed E-state index contributed by atoms with van der Waals surface area (Å²) < 4.78 is 5.13. The van der Waals surface area contributed by atoms with Gasteiger partial charge in [0.15, 0.2) is 5.78 Å². The lowest BCUT2D eigenvalue weighted by Gasteiger charge is -2.07. The van der Waals surface area contributed by atoms with Crippen molar-refractivity contribution in [3.63, 3.8) is 0 Å². The molecule has 1 aromatic carbocycles. The number of rotatable bonds is 1. The second-order valence-corrected chi connectivity index (χ2v) is 4.09. The third-order valence-electron chi connectivity index (χ3n) is 2.87. The number of benzene rings is 1. The Bertz CT molecular complexity index is 768. The molecule has 0 fully saturated rings. The molecule has 1 atom stereocenters. The Hall–Kier alpha value is -2.27. The number of nitrogens with zero attached hydrogens (tertiary/aromatic N) is 2. The second kappa shape index (κ2) is 3.89. The van der Waals surface area contributed by atoms with Gasteiger partial charge in [0, 0.05) is 12.1 Å². The molecule has 1 heterocycles. The van der Waals surface area contributed by atoms with Crippen molar-refractivity contribution in [1.29, 1.82) is 0 Å². The average molecular weight is 241 g/mol. The Morgan fingerprint density at radius 2 is 2.00 bits per heavy atom. The summed E-state index contributed by atoms with van der Waals surface area (Å²) in [6.07, 6.45) is 3.07. The van der Waals surface area contributed by atoms with Crippen LogP contribution in [0.15, 0.2) is 18.2 Å². The molecule has 0 spiro atoms. The van der Waals surface area contributed by atoms with Crippen LogP contribution in [0.2, 0.25) is 0 Å². The first-order valence-electron chi connectivity index (χ1n) is 5.52. The number of methoxy groups -OCH3 is 1. The van der Waals surface area contributed by atoms with Crippen LogP contribution in [0.5, 0.6) is 5.75 Å². The zero-order valence-corrected chi connectivity index (χ0v) is 9.75. The van der Waals surface area contributed by atoms with Crippen LogP contribution in [0.1, 0.15) is 0 Å². The van der Waals surface area contributed by atoms with E-state index in [1.165, 1.54) is 6.08 Å². The molecule has 90 valence electrons. The molecular formula is C13H11N3O2. The van der Waals surface area contributed by atoms with Gasteiger partial charge >= 0.3 is 0 Å². The van der Waals surface area contributed by atoms with Crippen LogP contribution in [0, 0.1) is 0 Å². The van der Waals surface area contributed by atoms with Crippen LogP contribution in [0.4, 0.5) is 0 Å². The second-order valence-electron chi connectivity index (χ2n) is 4.09. The lowest BCUT2D eigenvalue weighted by molar-refractivity contribution is -0.113. The summed E-state index contributed by atoms with van der Waals surface area (Å²) in [4.78, 5) is 20.4. The molecule has 1 unspecified atom stereocenters. The van der Waals surface area contributed by atoms with Crippen molar-refractivity contribution in [1.82, 2.24) is 9.97 Å². The number of hydrogen-bond acceptors (Lipinski definition) is 5. The van der Waals surface area contributed by atoms with E-state index in [1.807, 2.05) is 12.1 Å². The van der Waals surface area contributed by atoms with E-state index in [0.717, 1.165) is 5.52 Å². The molecule has 0 saturated carbocycles. The van der Waals surface area contributed by atoms with Gasteiger partial charge in [-0.2, -0.15) is 0 Å². The number of ether oxygens (including phenoxy) is 1. The molecule has 5 nitrogen and oxygen atoms in total. The summed E-state index contributed by atoms with van der Waals surface area (Å²) in [5.74, 6) is 0.554. The standard InChI is InChI=1S/C13H11N3O2/c1-18-7-2-3-9-10(4-7)16-12-6-13(17)8(14)5-11(12)15-9/h2-6,8H,14H2,1H3. The highest BCUT2D eigenvalue weighted by Gasteiger charge is 2.13. The number of ketones is 1. The van der Waals surface area contributed by atoms with Crippen LogP contribution < -0.4 is 21.2 Å². The predicted molar refractivity (Wildman–Crippen MR) is 67.3 cm³/mol. The molecular weight excluding hydrogens is 230 g/mol. The highest BCUT2D eigenvalue weighted by atomic mass is 16.5. The zero-order valence-electron chi connectivity index (χ0n) is 9.75. The Kier molecular flexibility index (Phi) is 2.34. The molecule has 0 aliphatic heterocycles. The third kappa shape index (κ3) is 1.65. The van der Waals surface area contributed by atoms with Crippen LogP contribution in [0.25, 0.3) is 23.2 Å². The molecule has 2 aromatic rings. The van der Waals surface area contributed by atoms with Crippen molar-refractivity contribution in [3.8, 4) is 5.75 Å². The molecule has 1 aromatic heterocycles. The van der Waals surface area contributed by atoms with Crippen molar-refractivity contribution in [3.05, 3.63) is 28.9 Å². The SMILES string of the molecule is COc1ccc2nc3c(nc2c1)=CC(=O)C(N)C=3. The zero-order chi connectivity index (χ0) is 12.7. The van der Waals surface area contributed by atoms with Gasteiger partial charge in [-0.1, -0.05) is 0 Å². The maximum Gasteiger partial charge on any atom is 0.178 e. The summed E-state index contributed by atoms with van der Waals surface area (Å²) in [6, 6.07) is 4.82. The number of fused-ring (bicyclic) bond motifs is 2. The van der Waals surface area contributed by atoms with Crippen molar-refractivity contribution in [2.45, 2.75) is 6.04 Å². The summed E-state index contributed by atoms with van der Waals surface area (Å²) in [7, 11) is 1.59. The molecule has 3 rings (SSSR count). The normalized spacial score (nSPS) is 17.9. The van der Waals surface area contributed by atoms with Gasteiger partial charge in [-0.05, 0) is 18.2 Å². The lowest BCUT2D eigenvalue weighted by atomic mass is 10.1.